The van der Waals surface area contributed by atoms with Crippen LogP contribution in [0.4, 0.5) is 21.9 Å². The minimum absolute atomic E-state index is 0.121. The van der Waals surface area contributed by atoms with E-state index in [1.165, 1.54) is 0 Å². The summed E-state index contributed by atoms with van der Waals surface area (Å²) in [4.78, 5) is 30.2. The maximum atomic E-state index is 13.1. The Morgan fingerprint density at radius 3 is 2.24 bits per heavy atom. The first-order valence-corrected chi connectivity index (χ1v) is 12.2. The van der Waals surface area contributed by atoms with Gasteiger partial charge in [-0.05, 0) is 75.3 Å². The average molecular weight is 468 g/mol. The second-order valence-electron chi connectivity index (χ2n) is 8.25. The first-order chi connectivity index (χ1) is 16.5. The monoisotopic (exact) mass is 467 g/mol. The Kier molecular flexibility index (Phi) is 9.58. The second kappa shape index (κ2) is 12.8. The van der Waals surface area contributed by atoms with Crippen molar-refractivity contribution in [1.82, 2.24) is 10.2 Å². The van der Waals surface area contributed by atoms with Crippen LogP contribution < -0.4 is 25.6 Å². The summed E-state index contributed by atoms with van der Waals surface area (Å²) in [5, 5.41) is 8.71. The van der Waals surface area contributed by atoms with Gasteiger partial charge in [0, 0.05) is 43.2 Å². The van der Waals surface area contributed by atoms with Crippen LogP contribution in [0.15, 0.2) is 42.5 Å². The fraction of sp³-hybridized carbons (Fsp3) is 0.462. The maximum Gasteiger partial charge on any atom is 0.323 e. The van der Waals surface area contributed by atoms with E-state index >= 15 is 0 Å². The number of carbonyl (C=O) groups is 2. The van der Waals surface area contributed by atoms with E-state index in [4.69, 9.17) is 4.74 Å². The summed E-state index contributed by atoms with van der Waals surface area (Å²) in [6.45, 7) is 11.9. The van der Waals surface area contributed by atoms with Gasteiger partial charge in [0.1, 0.15) is 5.75 Å². The maximum absolute atomic E-state index is 13.1. The quantitative estimate of drug-likeness (QED) is 0.456. The first kappa shape index (κ1) is 25.4. The number of hydrogen-bond donors (Lipinski definition) is 3. The lowest BCUT2D eigenvalue weighted by Crippen LogP contribution is -2.35. The van der Waals surface area contributed by atoms with E-state index in [1.54, 1.807) is 18.2 Å². The molecule has 0 atom stereocenters. The van der Waals surface area contributed by atoms with Crippen molar-refractivity contribution in [2.75, 3.05) is 61.4 Å². The van der Waals surface area contributed by atoms with E-state index < -0.39 is 0 Å². The molecule has 1 aliphatic rings. The Bertz CT molecular complexity index is 938. The number of anilines is 3. The lowest BCUT2D eigenvalue weighted by Gasteiger charge is -2.23. The van der Waals surface area contributed by atoms with Crippen LogP contribution in [0.3, 0.4) is 0 Å². The molecule has 0 unspecified atom stereocenters. The van der Waals surface area contributed by atoms with E-state index in [9.17, 15) is 9.59 Å². The molecule has 3 amide bonds. The number of nitrogens with zero attached hydrogens (tertiary/aromatic N) is 2. The van der Waals surface area contributed by atoms with Gasteiger partial charge in [0.2, 0.25) is 0 Å². The number of amides is 3. The minimum atomic E-state index is -0.369. The van der Waals surface area contributed by atoms with Crippen LogP contribution in [-0.2, 0) is 0 Å². The largest absolute Gasteiger partial charge is 0.494 e. The Morgan fingerprint density at radius 1 is 0.941 bits per heavy atom. The predicted molar refractivity (Wildman–Crippen MR) is 138 cm³/mol. The summed E-state index contributed by atoms with van der Waals surface area (Å²) >= 11 is 0. The molecule has 0 aromatic heterocycles. The van der Waals surface area contributed by atoms with Crippen LogP contribution in [0.2, 0.25) is 0 Å². The molecule has 1 heterocycles. The van der Waals surface area contributed by atoms with E-state index in [-0.39, 0.29) is 11.9 Å². The number of urea groups is 1. The molecule has 0 saturated carbocycles. The molecule has 184 valence electrons. The van der Waals surface area contributed by atoms with E-state index in [1.807, 2.05) is 31.2 Å². The molecule has 1 aliphatic heterocycles. The Hall–Kier alpha value is -3.26. The standard InChI is InChI=1S/C26H37N5O3/c1-4-30(5-2)18-15-27-25(32)23-19-21(11-14-24(23)31-16-7-8-17-31)29-26(33)28-20-9-12-22(13-10-20)34-6-3/h9-14,19H,4-8,15-18H2,1-3H3,(H,27,32)(H2,28,29,33). The number of rotatable bonds is 11. The molecule has 8 nitrogen and oxygen atoms in total. The average Bonchev–Trinajstić information content (AvgIpc) is 3.38. The van der Waals surface area contributed by atoms with Crippen LogP contribution in [0.1, 0.15) is 44.0 Å². The molecule has 0 radical (unpaired) electrons. The van der Waals surface area contributed by atoms with Gasteiger partial charge in [0.05, 0.1) is 12.2 Å². The highest BCUT2D eigenvalue weighted by Crippen LogP contribution is 2.28. The van der Waals surface area contributed by atoms with Crippen LogP contribution >= 0.6 is 0 Å². The van der Waals surface area contributed by atoms with Crippen molar-refractivity contribution in [2.24, 2.45) is 0 Å². The van der Waals surface area contributed by atoms with Crippen LogP contribution in [0, 0.1) is 0 Å². The van der Waals surface area contributed by atoms with Crippen molar-refractivity contribution >= 4 is 29.0 Å². The molecule has 0 bridgehead atoms. The number of carbonyl (C=O) groups excluding carboxylic acids is 2. The van der Waals surface area contributed by atoms with Gasteiger partial charge < -0.3 is 30.5 Å². The summed E-state index contributed by atoms with van der Waals surface area (Å²) in [5.41, 5.74) is 2.72. The molecular weight excluding hydrogens is 430 g/mol. The van der Waals surface area contributed by atoms with Gasteiger partial charge in [-0.3, -0.25) is 4.79 Å². The first-order valence-electron chi connectivity index (χ1n) is 12.2. The Balaban J connectivity index is 1.68. The van der Waals surface area contributed by atoms with Crippen molar-refractivity contribution in [1.29, 1.82) is 0 Å². The Morgan fingerprint density at radius 2 is 1.59 bits per heavy atom. The summed E-state index contributed by atoms with van der Waals surface area (Å²) in [7, 11) is 0. The van der Waals surface area contributed by atoms with Crippen molar-refractivity contribution < 1.29 is 14.3 Å². The summed E-state index contributed by atoms with van der Waals surface area (Å²) in [6.07, 6.45) is 2.24. The highest BCUT2D eigenvalue weighted by atomic mass is 16.5. The number of hydrogen-bond acceptors (Lipinski definition) is 5. The van der Waals surface area contributed by atoms with Crippen molar-refractivity contribution in [2.45, 2.75) is 33.6 Å². The zero-order chi connectivity index (χ0) is 24.3. The molecule has 3 N–H and O–H groups in total. The van der Waals surface area contributed by atoms with Gasteiger partial charge in [-0.15, -0.1) is 0 Å². The molecule has 8 heteroatoms. The van der Waals surface area contributed by atoms with Crippen LogP contribution in [0.5, 0.6) is 5.75 Å². The molecule has 0 aliphatic carbocycles. The second-order valence-corrected chi connectivity index (χ2v) is 8.25. The lowest BCUT2D eigenvalue weighted by atomic mass is 10.1. The number of likely N-dealkylation sites (N-methyl/N-ethyl adjacent to an activating group) is 1. The van der Waals surface area contributed by atoms with Gasteiger partial charge in [-0.1, -0.05) is 13.8 Å². The molecular formula is C26H37N5O3. The Labute approximate surface area is 202 Å². The molecule has 1 fully saturated rings. The zero-order valence-electron chi connectivity index (χ0n) is 20.5. The lowest BCUT2D eigenvalue weighted by molar-refractivity contribution is 0.0949. The van der Waals surface area contributed by atoms with Gasteiger partial charge in [-0.25, -0.2) is 4.79 Å². The fourth-order valence-corrected chi connectivity index (χ4v) is 4.09. The zero-order valence-corrected chi connectivity index (χ0v) is 20.5. The van der Waals surface area contributed by atoms with Crippen molar-refractivity contribution in [3.05, 3.63) is 48.0 Å². The van der Waals surface area contributed by atoms with Gasteiger partial charge >= 0.3 is 6.03 Å². The third-order valence-electron chi connectivity index (χ3n) is 5.98. The number of ether oxygens (including phenoxy) is 1. The topological polar surface area (TPSA) is 85.9 Å². The highest BCUT2D eigenvalue weighted by molar-refractivity contribution is 6.04. The fourth-order valence-electron chi connectivity index (χ4n) is 4.09. The number of nitrogens with one attached hydrogen (secondary N) is 3. The van der Waals surface area contributed by atoms with Crippen molar-refractivity contribution in [3.8, 4) is 5.75 Å². The van der Waals surface area contributed by atoms with E-state index in [2.05, 4.69) is 39.6 Å². The van der Waals surface area contributed by atoms with Gasteiger partial charge in [0.25, 0.3) is 5.91 Å². The molecule has 3 rings (SSSR count). The normalized spacial score (nSPS) is 13.1. The summed E-state index contributed by atoms with van der Waals surface area (Å²) < 4.78 is 5.43. The van der Waals surface area contributed by atoms with Crippen LogP contribution in [0.25, 0.3) is 0 Å². The highest BCUT2D eigenvalue weighted by Gasteiger charge is 2.20. The van der Waals surface area contributed by atoms with E-state index in [0.717, 1.165) is 57.0 Å². The predicted octanol–water partition coefficient (Wildman–Crippen LogP) is 4.40. The summed E-state index contributed by atoms with van der Waals surface area (Å²) in [6, 6.07) is 12.4. The SMILES string of the molecule is CCOc1ccc(NC(=O)Nc2ccc(N3CCCC3)c(C(=O)NCCN(CC)CC)c2)cc1. The van der Waals surface area contributed by atoms with Gasteiger partial charge in [0.15, 0.2) is 0 Å². The third kappa shape index (κ3) is 7.12. The molecule has 1 saturated heterocycles. The molecule has 0 spiro atoms. The summed E-state index contributed by atoms with van der Waals surface area (Å²) in [5.74, 6) is 0.632. The molecule has 2 aromatic carbocycles. The third-order valence-corrected chi connectivity index (χ3v) is 5.98. The smallest absolute Gasteiger partial charge is 0.323 e. The minimum Gasteiger partial charge on any atom is -0.494 e. The van der Waals surface area contributed by atoms with Crippen molar-refractivity contribution in [3.63, 3.8) is 0 Å². The van der Waals surface area contributed by atoms with Crippen LogP contribution in [-0.4, -0.2) is 62.7 Å². The van der Waals surface area contributed by atoms with E-state index in [0.29, 0.717) is 30.1 Å². The number of benzene rings is 2. The van der Waals surface area contributed by atoms with Gasteiger partial charge in [-0.2, -0.15) is 0 Å². The molecule has 34 heavy (non-hydrogen) atoms. The molecule has 2 aromatic rings.